The molecule has 0 radical (unpaired) electrons. The molecule has 3 aromatic rings. The molecule has 0 spiro atoms. The van der Waals surface area contributed by atoms with Crippen LogP contribution in [0.25, 0.3) is 5.69 Å². The van der Waals surface area contributed by atoms with E-state index in [2.05, 4.69) is 10.2 Å². The average molecular weight is 549 g/mol. The number of carbonyl (C=O) groups is 1. The third kappa shape index (κ3) is 5.90. The first-order valence-corrected chi connectivity index (χ1v) is 11.7. The molecule has 0 amide bonds. The summed E-state index contributed by atoms with van der Waals surface area (Å²) in [6.45, 7) is 8.43. The van der Waals surface area contributed by atoms with Gasteiger partial charge in [-0.1, -0.05) is 50.9 Å². The van der Waals surface area contributed by atoms with Crippen molar-refractivity contribution in [1.82, 2.24) is 24.5 Å². The molecule has 14 heteroatoms. The number of hydrogen-bond acceptors (Lipinski definition) is 9. The molecule has 1 unspecified atom stereocenters. The Morgan fingerprint density at radius 2 is 1.68 bits per heavy atom. The van der Waals surface area contributed by atoms with Crippen molar-refractivity contribution in [2.45, 2.75) is 46.8 Å². The zero-order chi connectivity index (χ0) is 27.6. The number of esters is 1. The van der Waals surface area contributed by atoms with Gasteiger partial charge in [0.2, 0.25) is 11.6 Å². The summed E-state index contributed by atoms with van der Waals surface area (Å²) in [5, 5.41) is 16.8. The zero-order valence-electron chi connectivity index (χ0n) is 20.4. The minimum absolute atomic E-state index is 0.0510. The first kappa shape index (κ1) is 27.6. The average Bonchev–Trinajstić information content (AvgIpc) is 2.81. The molecule has 0 aliphatic heterocycles. The van der Waals surface area contributed by atoms with Crippen LogP contribution < -0.4 is 21.5 Å². The van der Waals surface area contributed by atoms with Gasteiger partial charge in [-0.3, -0.25) is 19.4 Å². The predicted molar refractivity (Wildman–Crippen MR) is 133 cm³/mol. The van der Waals surface area contributed by atoms with Gasteiger partial charge in [-0.2, -0.15) is 14.6 Å². The standard InChI is InChI=1S/C23H22Cl2N6O6/c1-10(2)14-8-18(29-30(21(14)33)12(5)36-22(34)11(3)4)37-19-15(24)6-13(7-16(19)25)31-23(35)27-20(32)17(9-26)28-31/h6-8,10-12H,1-5H3,(H,27,32,35). The number of rotatable bonds is 7. The van der Waals surface area contributed by atoms with Crippen LogP contribution in [0.5, 0.6) is 11.6 Å². The molecule has 37 heavy (non-hydrogen) atoms. The molecule has 0 aliphatic carbocycles. The Kier molecular flexibility index (Phi) is 8.20. The lowest BCUT2D eigenvalue weighted by Crippen LogP contribution is -2.33. The van der Waals surface area contributed by atoms with Crippen molar-refractivity contribution in [2.24, 2.45) is 5.92 Å². The van der Waals surface area contributed by atoms with Gasteiger partial charge >= 0.3 is 11.7 Å². The Hall–Kier alpha value is -3.95. The van der Waals surface area contributed by atoms with E-state index >= 15 is 0 Å². The number of aromatic nitrogens is 5. The summed E-state index contributed by atoms with van der Waals surface area (Å²) in [6.07, 6.45) is -1.02. The highest BCUT2D eigenvalue weighted by molar-refractivity contribution is 6.37. The highest BCUT2D eigenvalue weighted by Crippen LogP contribution is 2.37. The van der Waals surface area contributed by atoms with E-state index in [9.17, 15) is 19.2 Å². The van der Waals surface area contributed by atoms with E-state index in [1.807, 2.05) is 4.98 Å². The van der Waals surface area contributed by atoms with Gasteiger partial charge < -0.3 is 9.47 Å². The Morgan fingerprint density at radius 1 is 1.05 bits per heavy atom. The van der Waals surface area contributed by atoms with Crippen LogP contribution >= 0.6 is 23.2 Å². The van der Waals surface area contributed by atoms with E-state index in [1.165, 1.54) is 25.1 Å². The SMILES string of the molecule is CC(C)C(=O)OC(C)n1nc(Oc2c(Cl)cc(-n3nc(C#N)c(=O)[nH]c3=O)cc2Cl)cc(C(C)C)c1=O. The minimum Gasteiger partial charge on any atom is -0.440 e. The van der Waals surface area contributed by atoms with Crippen molar-refractivity contribution in [2.75, 3.05) is 0 Å². The number of benzene rings is 1. The van der Waals surface area contributed by atoms with Crippen molar-refractivity contribution in [1.29, 1.82) is 5.26 Å². The summed E-state index contributed by atoms with van der Waals surface area (Å²) >= 11 is 12.8. The summed E-state index contributed by atoms with van der Waals surface area (Å²) in [5.74, 6) is -1.25. The number of nitrogens with one attached hydrogen (secondary N) is 1. The van der Waals surface area contributed by atoms with E-state index in [-0.39, 0.29) is 33.3 Å². The fraction of sp³-hybridized carbons (Fsp3) is 0.348. The van der Waals surface area contributed by atoms with Gasteiger partial charge in [0.05, 0.1) is 21.7 Å². The molecule has 2 aromatic heterocycles. The van der Waals surface area contributed by atoms with Gasteiger partial charge in [-0.05, 0) is 25.0 Å². The molecule has 2 heterocycles. The van der Waals surface area contributed by atoms with Crippen LogP contribution in [-0.2, 0) is 9.53 Å². The second-order valence-electron chi connectivity index (χ2n) is 8.51. The zero-order valence-corrected chi connectivity index (χ0v) is 21.9. The van der Waals surface area contributed by atoms with Gasteiger partial charge in [0.1, 0.15) is 6.07 Å². The van der Waals surface area contributed by atoms with Gasteiger partial charge in [0.25, 0.3) is 11.1 Å². The molecular formula is C23H22Cl2N6O6. The number of halogens is 2. The van der Waals surface area contributed by atoms with Crippen molar-refractivity contribution in [3.8, 4) is 23.4 Å². The predicted octanol–water partition coefficient (Wildman–Crippen LogP) is 3.29. The molecule has 0 saturated carbocycles. The normalized spacial score (nSPS) is 11.9. The van der Waals surface area contributed by atoms with E-state index in [1.54, 1.807) is 33.8 Å². The number of H-pyrrole nitrogens is 1. The first-order valence-electron chi connectivity index (χ1n) is 11.0. The van der Waals surface area contributed by atoms with Gasteiger partial charge in [0.15, 0.2) is 12.0 Å². The third-order valence-electron chi connectivity index (χ3n) is 5.03. The molecule has 12 nitrogen and oxygen atoms in total. The van der Waals surface area contributed by atoms with E-state index in [4.69, 9.17) is 37.9 Å². The highest BCUT2D eigenvalue weighted by Gasteiger charge is 2.22. The maximum Gasteiger partial charge on any atom is 0.349 e. The van der Waals surface area contributed by atoms with Gasteiger partial charge in [-0.25, -0.2) is 4.79 Å². The molecule has 3 rings (SSSR count). The fourth-order valence-corrected chi connectivity index (χ4v) is 3.64. The Labute approximate surface area is 220 Å². The lowest BCUT2D eigenvalue weighted by Gasteiger charge is -2.19. The van der Waals surface area contributed by atoms with Crippen molar-refractivity contribution in [3.63, 3.8) is 0 Å². The summed E-state index contributed by atoms with van der Waals surface area (Å²) in [7, 11) is 0. The summed E-state index contributed by atoms with van der Waals surface area (Å²) < 4.78 is 12.9. The van der Waals surface area contributed by atoms with E-state index in [0.717, 1.165) is 9.36 Å². The summed E-state index contributed by atoms with van der Waals surface area (Å²) in [6, 6.07) is 5.57. The number of carbonyl (C=O) groups excluding carboxylic acids is 1. The molecule has 1 atom stereocenters. The van der Waals surface area contributed by atoms with Crippen molar-refractivity contribution < 1.29 is 14.3 Å². The fourth-order valence-electron chi connectivity index (χ4n) is 3.09. The van der Waals surface area contributed by atoms with Crippen LogP contribution in [0, 0.1) is 17.2 Å². The van der Waals surface area contributed by atoms with Crippen LogP contribution in [-0.4, -0.2) is 30.5 Å². The molecule has 0 saturated heterocycles. The number of ether oxygens (including phenoxy) is 2. The maximum atomic E-state index is 13.0. The van der Waals surface area contributed by atoms with Crippen molar-refractivity contribution in [3.05, 3.63) is 70.7 Å². The molecule has 1 aromatic carbocycles. The number of aromatic amines is 1. The third-order valence-corrected chi connectivity index (χ3v) is 5.59. The van der Waals surface area contributed by atoms with Crippen LogP contribution in [0.15, 0.2) is 32.6 Å². The number of hydrogen-bond donors (Lipinski definition) is 1. The summed E-state index contributed by atoms with van der Waals surface area (Å²) in [5.41, 5.74) is -2.45. The highest BCUT2D eigenvalue weighted by atomic mass is 35.5. The molecule has 0 bridgehead atoms. The Bertz CT molecular complexity index is 1560. The monoisotopic (exact) mass is 548 g/mol. The number of nitriles is 1. The molecule has 1 N–H and O–H groups in total. The van der Waals surface area contributed by atoms with Gasteiger partial charge in [-0.15, -0.1) is 10.2 Å². The minimum atomic E-state index is -1.02. The van der Waals surface area contributed by atoms with Crippen LogP contribution in [0.1, 0.15) is 58.0 Å². The second-order valence-corrected chi connectivity index (χ2v) is 9.32. The largest absolute Gasteiger partial charge is 0.440 e. The van der Waals surface area contributed by atoms with Gasteiger partial charge in [0, 0.05) is 11.6 Å². The molecule has 0 fully saturated rings. The lowest BCUT2D eigenvalue weighted by atomic mass is 10.1. The van der Waals surface area contributed by atoms with E-state index < -0.39 is 40.6 Å². The number of nitrogens with zero attached hydrogens (tertiary/aromatic N) is 5. The van der Waals surface area contributed by atoms with E-state index in [0.29, 0.717) is 5.56 Å². The van der Waals surface area contributed by atoms with Crippen LogP contribution in [0.2, 0.25) is 10.0 Å². The molecular weight excluding hydrogens is 527 g/mol. The maximum absolute atomic E-state index is 13.0. The molecule has 194 valence electrons. The Morgan fingerprint density at radius 3 is 2.22 bits per heavy atom. The first-order chi connectivity index (χ1) is 17.3. The topological polar surface area (TPSA) is 162 Å². The van der Waals surface area contributed by atoms with Crippen LogP contribution in [0.4, 0.5) is 0 Å². The van der Waals surface area contributed by atoms with Crippen LogP contribution in [0.3, 0.4) is 0 Å². The summed E-state index contributed by atoms with van der Waals surface area (Å²) in [4.78, 5) is 50.8. The quantitative estimate of drug-likeness (QED) is 0.436. The molecule has 0 aliphatic rings. The second kappa shape index (κ2) is 11.0. The van der Waals surface area contributed by atoms with Crippen molar-refractivity contribution >= 4 is 29.2 Å². The lowest BCUT2D eigenvalue weighted by molar-refractivity contribution is -0.157. The Balaban J connectivity index is 2.06. The smallest absolute Gasteiger partial charge is 0.349 e.